The van der Waals surface area contributed by atoms with Gasteiger partial charge in [0, 0.05) is 38.1 Å². The lowest BCUT2D eigenvalue weighted by Crippen LogP contribution is -2.73. The van der Waals surface area contributed by atoms with E-state index in [0.717, 1.165) is 39.1 Å². The van der Waals surface area contributed by atoms with Crippen LogP contribution in [0.2, 0.25) is 0 Å². The summed E-state index contributed by atoms with van der Waals surface area (Å²) in [5.74, 6) is 0. The highest BCUT2D eigenvalue weighted by Gasteiger charge is 2.53. The number of carbonyl (C=O) groups excluding carboxylic acids is 1. The van der Waals surface area contributed by atoms with Gasteiger partial charge in [-0.25, -0.2) is 4.79 Å². The Bertz CT molecular complexity index is 281. The summed E-state index contributed by atoms with van der Waals surface area (Å²) in [7, 11) is 0. The maximum absolute atomic E-state index is 11.7. The molecule has 0 aromatic rings. The van der Waals surface area contributed by atoms with Crippen LogP contribution >= 0.6 is 0 Å². The Morgan fingerprint density at radius 2 is 2.06 bits per heavy atom. The van der Waals surface area contributed by atoms with Crippen molar-refractivity contribution in [1.29, 1.82) is 0 Å². The van der Waals surface area contributed by atoms with Crippen molar-refractivity contribution in [2.75, 3.05) is 39.3 Å². The fraction of sp³-hybridized carbons (Fsp3) is 0.917. The molecule has 0 bridgehead atoms. The van der Waals surface area contributed by atoms with Crippen molar-refractivity contribution in [2.24, 2.45) is 5.41 Å². The molecule has 1 amide bonds. The standard InChI is InChI=1S/C12H22N2O3/c1-3-10(2)17-11(16)14-8-12(9-14)6-13(7-12)4-5-15/h10,15H,3-9H2,1-2H3. The molecular weight excluding hydrogens is 220 g/mol. The van der Waals surface area contributed by atoms with Gasteiger partial charge in [-0.15, -0.1) is 0 Å². The number of aliphatic hydroxyl groups excluding tert-OH is 1. The average Bonchev–Trinajstić information content (AvgIpc) is 2.19. The SMILES string of the molecule is CCC(C)OC(=O)N1CC2(CN(CCO)C2)C1. The summed E-state index contributed by atoms with van der Waals surface area (Å²) < 4.78 is 5.27. The van der Waals surface area contributed by atoms with Crippen molar-refractivity contribution in [3.8, 4) is 0 Å². The topological polar surface area (TPSA) is 53.0 Å². The lowest BCUT2D eigenvalue weighted by molar-refractivity contribution is -0.110. The molecule has 0 saturated carbocycles. The molecule has 1 spiro atoms. The number of β-amino-alcohol motifs (C(OH)–C–C–N with tert-alkyl or cyclic N) is 1. The minimum Gasteiger partial charge on any atom is -0.446 e. The highest BCUT2D eigenvalue weighted by molar-refractivity contribution is 5.69. The summed E-state index contributed by atoms with van der Waals surface area (Å²) in [5, 5.41) is 8.80. The molecule has 2 aliphatic rings. The Morgan fingerprint density at radius 3 is 2.59 bits per heavy atom. The Hall–Kier alpha value is -0.810. The molecule has 1 unspecified atom stereocenters. The smallest absolute Gasteiger partial charge is 0.410 e. The molecule has 2 saturated heterocycles. The lowest BCUT2D eigenvalue weighted by Gasteiger charge is -2.59. The lowest BCUT2D eigenvalue weighted by atomic mass is 9.73. The molecule has 5 nitrogen and oxygen atoms in total. The highest BCUT2D eigenvalue weighted by atomic mass is 16.6. The first kappa shape index (κ1) is 12.6. The summed E-state index contributed by atoms with van der Waals surface area (Å²) >= 11 is 0. The van der Waals surface area contributed by atoms with Gasteiger partial charge in [-0.1, -0.05) is 6.92 Å². The second-order valence-corrected chi connectivity index (χ2v) is 5.39. The number of carbonyl (C=O) groups is 1. The summed E-state index contributed by atoms with van der Waals surface area (Å²) in [6.07, 6.45) is 0.687. The number of aliphatic hydroxyl groups is 1. The molecule has 0 aromatic carbocycles. The summed E-state index contributed by atoms with van der Waals surface area (Å²) in [6.45, 7) is 8.51. The van der Waals surface area contributed by atoms with E-state index in [2.05, 4.69) is 4.90 Å². The van der Waals surface area contributed by atoms with Crippen LogP contribution in [0.5, 0.6) is 0 Å². The summed E-state index contributed by atoms with van der Waals surface area (Å²) in [6, 6.07) is 0. The van der Waals surface area contributed by atoms with Crippen LogP contribution in [-0.4, -0.2) is 66.4 Å². The first-order valence-electron chi connectivity index (χ1n) is 6.37. The van der Waals surface area contributed by atoms with Gasteiger partial charge >= 0.3 is 6.09 Å². The molecule has 2 heterocycles. The predicted octanol–water partition coefficient (Wildman–Crippen LogP) is 0.531. The number of hydrogen-bond acceptors (Lipinski definition) is 4. The number of nitrogens with zero attached hydrogens (tertiary/aromatic N) is 2. The van der Waals surface area contributed by atoms with Crippen LogP contribution in [0.15, 0.2) is 0 Å². The number of ether oxygens (including phenoxy) is 1. The zero-order valence-electron chi connectivity index (χ0n) is 10.7. The van der Waals surface area contributed by atoms with Gasteiger partial charge in [-0.05, 0) is 13.3 Å². The molecule has 98 valence electrons. The van der Waals surface area contributed by atoms with Gasteiger partial charge in [-0.2, -0.15) is 0 Å². The molecule has 0 aliphatic carbocycles. The first-order valence-corrected chi connectivity index (χ1v) is 6.37. The summed E-state index contributed by atoms with van der Waals surface area (Å²) in [5.41, 5.74) is 0.295. The van der Waals surface area contributed by atoms with E-state index in [-0.39, 0.29) is 18.8 Å². The van der Waals surface area contributed by atoms with E-state index in [1.165, 1.54) is 0 Å². The highest BCUT2D eigenvalue weighted by Crippen LogP contribution is 2.39. The fourth-order valence-corrected chi connectivity index (χ4v) is 2.62. The second-order valence-electron chi connectivity index (χ2n) is 5.39. The number of likely N-dealkylation sites (tertiary alicyclic amines) is 2. The monoisotopic (exact) mass is 242 g/mol. The fourth-order valence-electron chi connectivity index (χ4n) is 2.62. The van der Waals surface area contributed by atoms with E-state index < -0.39 is 0 Å². The number of hydrogen-bond donors (Lipinski definition) is 1. The third-order valence-electron chi connectivity index (χ3n) is 3.72. The van der Waals surface area contributed by atoms with Gasteiger partial charge in [0.05, 0.1) is 6.61 Å². The van der Waals surface area contributed by atoms with Crippen LogP contribution < -0.4 is 0 Å². The Kier molecular flexibility index (Phi) is 3.58. The van der Waals surface area contributed by atoms with Crippen molar-refractivity contribution >= 4 is 6.09 Å². The van der Waals surface area contributed by atoms with E-state index in [1.54, 1.807) is 4.90 Å². The van der Waals surface area contributed by atoms with Crippen molar-refractivity contribution in [3.05, 3.63) is 0 Å². The zero-order chi connectivity index (χ0) is 12.5. The van der Waals surface area contributed by atoms with Gasteiger partial charge in [0.2, 0.25) is 0 Å². The van der Waals surface area contributed by atoms with Gasteiger partial charge in [0.1, 0.15) is 6.10 Å². The maximum Gasteiger partial charge on any atom is 0.410 e. The minimum absolute atomic E-state index is 0.00586. The van der Waals surface area contributed by atoms with Gasteiger partial charge < -0.3 is 14.7 Å². The zero-order valence-corrected chi connectivity index (χ0v) is 10.7. The van der Waals surface area contributed by atoms with Crippen molar-refractivity contribution in [1.82, 2.24) is 9.80 Å². The normalized spacial score (nSPS) is 24.1. The Balaban J connectivity index is 1.68. The van der Waals surface area contributed by atoms with Crippen LogP contribution in [0.4, 0.5) is 4.79 Å². The van der Waals surface area contributed by atoms with Gasteiger partial charge in [0.25, 0.3) is 0 Å². The van der Waals surface area contributed by atoms with Crippen molar-refractivity contribution in [3.63, 3.8) is 0 Å². The van der Waals surface area contributed by atoms with E-state index in [0.29, 0.717) is 5.41 Å². The Labute approximate surface area is 102 Å². The van der Waals surface area contributed by atoms with E-state index >= 15 is 0 Å². The molecule has 1 N–H and O–H groups in total. The van der Waals surface area contributed by atoms with Crippen LogP contribution in [0, 0.1) is 5.41 Å². The van der Waals surface area contributed by atoms with Gasteiger partial charge in [0.15, 0.2) is 0 Å². The van der Waals surface area contributed by atoms with E-state index in [1.807, 2.05) is 13.8 Å². The van der Waals surface area contributed by atoms with Crippen LogP contribution in [0.3, 0.4) is 0 Å². The average molecular weight is 242 g/mol. The van der Waals surface area contributed by atoms with Crippen molar-refractivity contribution in [2.45, 2.75) is 26.4 Å². The predicted molar refractivity (Wildman–Crippen MR) is 63.8 cm³/mol. The second kappa shape index (κ2) is 4.82. The molecule has 1 atom stereocenters. The Morgan fingerprint density at radius 1 is 1.41 bits per heavy atom. The minimum atomic E-state index is -0.175. The van der Waals surface area contributed by atoms with Crippen LogP contribution in [-0.2, 0) is 4.74 Å². The van der Waals surface area contributed by atoms with Crippen LogP contribution in [0.1, 0.15) is 20.3 Å². The third kappa shape index (κ3) is 2.55. The molecule has 17 heavy (non-hydrogen) atoms. The van der Waals surface area contributed by atoms with E-state index in [9.17, 15) is 4.79 Å². The molecule has 2 aliphatic heterocycles. The molecule has 2 rings (SSSR count). The maximum atomic E-state index is 11.7. The number of rotatable bonds is 4. The third-order valence-corrected chi connectivity index (χ3v) is 3.72. The first-order chi connectivity index (χ1) is 8.08. The molecule has 2 fully saturated rings. The van der Waals surface area contributed by atoms with Crippen LogP contribution in [0.25, 0.3) is 0 Å². The summed E-state index contributed by atoms with van der Waals surface area (Å²) in [4.78, 5) is 15.7. The molecule has 0 aromatic heterocycles. The molecule has 5 heteroatoms. The number of amides is 1. The largest absolute Gasteiger partial charge is 0.446 e. The van der Waals surface area contributed by atoms with Gasteiger partial charge in [-0.3, -0.25) is 4.90 Å². The molecule has 0 radical (unpaired) electrons. The molecular formula is C12H22N2O3. The van der Waals surface area contributed by atoms with E-state index in [4.69, 9.17) is 9.84 Å². The quantitative estimate of drug-likeness (QED) is 0.781. The van der Waals surface area contributed by atoms with Crippen molar-refractivity contribution < 1.29 is 14.6 Å².